The Morgan fingerprint density at radius 2 is 1.65 bits per heavy atom. The summed E-state index contributed by atoms with van der Waals surface area (Å²) < 4.78 is 15.5. The second-order valence-electron chi connectivity index (χ2n) is 4.09. The van der Waals surface area contributed by atoms with E-state index in [9.17, 15) is 4.79 Å². The van der Waals surface area contributed by atoms with E-state index in [2.05, 4.69) is 5.32 Å². The lowest BCUT2D eigenvalue weighted by atomic mass is 10.1. The van der Waals surface area contributed by atoms with E-state index in [1.165, 1.54) is 21.3 Å². The van der Waals surface area contributed by atoms with Crippen LogP contribution < -0.4 is 19.5 Å². The maximum atomic E-state index is 12.1. The van der Waals surface area contributed by atoms with Crippen molar-refractivity contribution >= 4 is 5.91 Å². The molecule has 0 fully saturated rings. The van der Waals surface area contributed by atoms with Crippen molar-refractivity contribution in [2.45, 2.75) is 12.8 Å². The van der Waals surface area contributed by atoms with Crippen molar-refractivity contribution in [2.24, 2.45) is 0 Å². The van der Waals surface area contributed by atoms with Crippen LogP contribution in [-0.4, -0.2) is 45.5 Å². The molecule has 1 aromatic carbocycles. The lowest BCUT2D eigenvalue weighted by Gasteiger charge is -2.14. The molecule has 6 nitrogen and oxygen atoms in total. The molecule has 0 spiro atoms. The van der Waals surface area contributed by atoms with Crippen LogP contribution in [0.15, 0.2) is 12.1 Å². The molecule has 2 N–H and O–H groups in total. The number of rotatable bonds is 8. The zero-order chi connectivity index (χ0) is 15.0. The standard InChI is InChI=1S/C14H21NO5/c1-18-11-9-13(20-3)12(19-2)8-10(11)14(17)15-6-4-5-7-16/h8-9,16H,4-7H2,1-3H3,(H,15,17). The molecule has 1 rings (SSSR count). The zero-order valence-corrected chi connectivity index (χ0v) is 12.1. The lowest BCUT2D eigenvalue weighted by Crippen LogP contribution is -2.25. The minimum absolute atomic E-state index is 0.121. The number of hydrogen-bond donors (Lipinski definition) is 2. The van der Waals surface area contributed by atoms with E-state index < -0.39 is 0 Å². The highest BCUT2D eigenvalue weighted by Gasteiger charge is 2.17. The van der Waals surface area contributed by atoms with Crippen molar-refractivity contribution in [1.82, 2.24) is 5.32 Å². The number of carbonyl (C=O) groups excluding carboxylic acids is 1. The van der Waals surface area contributed by atoms with Gasteiger partial charge in [0.2, 0.25) is 0 Å². The summed E-state index contributed by atoms with van der Waals surface area (Å²) in [6.45, 7) is 0.618. The summed E-state index contributed by atoms with van der Waals surface area (Å²) in [5, 5.41) is 11.5. The van der Waals surface area contributed by atoms with Gasteiger partial charge < -0.3 is 24.6 Å². The van der Waals surface area contributed by atoms with Crippen LogP contribution in [0.1, 0.15) is 23.2 Å². The first-order valence-electron chi connectivity index (χ1n) is 6.37. The lowest BCUT2D eigenvalue weighted by molar-refractivity contribution is 0.0948. The van der Waals surface area contributed by atoms with E-state index in [-0.39, 0.29) is 12.5 Å². The van der Waals surface area contributed by atoms with E-state index in [4.69, 9.17) is 19.3 Å². The summed E-state index contributed by atoms with van der Waals surface area (Å²) in [5.41, 5.74) is 0.383. The van der Waals surface area contributed by atoms with Gasteiger partial charge in [-0.05, 0) is 12.8 Å². The molecule has 20 heavy (non-hydrogen) atoms. The van der Waals surface area contributed by atoms with Crippen molar-refractivity contribution in [3.8, 4) is 17.2 Å². The summed E-state index contributed by atoms with van der Waals surface area (Å²) in [6, 6.07) is 3.19. The summed E-state index contributed by atoms with van der Waals surface area (Å²) in [4.78, 5) is 12.1. The monoisotopic (exact) mass is 283 g/mol. The quantitative estimate of drug-likeness (QED) is 0.701. The molecule has 112 valence electrons. The number of carbonyl (C=O) groups is 1. The Balaban J connectivity index is 2.89. The van der Waals surface area contributed by atoms with Gasteiger partial charge in [-0.15, -0.1) is 0 Å². The van der Waals surface area contributed by atoms with Gasteiger partial charge in [-0.25, -0.2) is 0 Å². The van der Waals surface area contributed by atoms with Crippen molar-refractivity contribution in [3.05, 3.63) is 17.7 Å². The molecule has 0 aliphatic carbocycles. The van der Waals surface area contributed by atoms with E-state index in [1.54, 1.807) is 12.1 Å². The third kappa shape index (κ3) is 4.03. The van der Waals surface area contributed by atoms with Crippen LogP contribution in [0.2, 0.25) is 0 Å². The zero-order valence-electron chi connectivity index (χ0n) is 12.1. The van der Waals surface area contributed by atoms with Crippen molar-refractivity contribution in [1.29, 1.82) is 0 Å². The first-order valence-corrected chi connectivity index (χ1v) is 6.37. The van der Waals surface area contributed by atoms with Gasteiger partial charge in [0.15, 0.2) is 11.5 Å². The summed E-state index contributed by atoms with van der Waals surface area (Å²) in [6.07, 6.45) is 1.38. The van der Waals surface area contributed by atoms with Gasteiger partial charge in [0.1, 0.15) is 5.75 Å². The minimum atomic E-state index is -0.249. The third-order valence-electron chi connectivity index (χ3n) is 2.82. The SMILES string of the molecule is COc1cc(OC)c(C(=O)NCCCCO)cc1OC. The highest BCUT2D eigenvalue weighted by Crippen LogP contribution is 2.34. The highest BCUT2D eigenvalue weighted by atomic mass is 16.5. The molecule has 0 heterocycles. The van der Waals surface area contributed by atoms with Crippen molar-refractivity contribution in [2.75, 3.05) is 34.5 Å². The van der Waals surface area contributed by atoms with Gasteiger partial charge >= 0.3 is 0 Å². The predicted molar refractivity (Wildman–Crippen MR) is 74.8 cm³/mol. The third-order valence-corrected chi connectivity index (χ3v) is 2.82. The van der Waals surface area contributed by atoms with E-state index >= 15 is 0 Å². The number of nitrogens with one attached hydrogen (secondary N) is 1. The molecular formula is C14H21NO5. The van der Waals surface area contributed by atoms with Gasteiger partial charge in [-0.2, -0.15) is 0 Å². The summed E-state index contributed by atoms with van der Waals surface area (Å²) >= 11 is 0. The molecule has 0 aliphatic rings. The molecule has 1 amide bonds. The Hall–Kier alpha value is -1.95. The van der Waals surface area contributed by atoms with Crippen LogP contribution in [0.3, 0.4) is 0 Å². The van der Waals surface area contributed by atoms with Gasteiger partial charge in [0, 0.05) is 25.3 Å². The Labute approximate surface area is 118 Å². The second kappa shape index (κ2) is 8.27. The van der Waals surface area contributed by atoms with Gasteiger partial charge in [-0.1, -0.05) is 0 Å². The number of hydrogen-bond acceptors (Lipinski definition) is 5. The Kier molecular flexibility index (Phi) is 6.66. The Bertz CT molecular complexity index is 447. The number of methoxy groups -OCH3 is 3. The fourth-order valence-electron chi connectivity index (χ4n) is 1.74. The van der Waals surface area contributed by atoms with E-state index in [0.717, 1.165) is 6.42 Å². The van der Waals surface area contributed by atoms with Crippen LogP contribution in [0.25, 0.3) is 0 Å². The van der Waals surface area contributed by atoms with Crippen LogP contribution in [0, 0.1) is 0 Å². The molecule has 0 unspecified atom stereocenters. The average Bonchev–Trinajstić information content (AvgIpc) is 2.49. The molecule has 0 radical (unpaired) electrons. The molecule has 0 saturated carbocycles. The van der Waals surface area contributed by atoms with Crippen molar-refractivity contribution in [3.63, 3.8) is 0 Å². The number of ether oxygens (including phenoxy) is 3. The van der Waals surface area contributed by atoms with Crippen LogP contribution >= 0.6 is 0 Å². The van der Waals surface area contributed by atoms with Gasteiger partial charge in [0.25, 0.3) is 5.91 Å². The maximum Gasteiger partial charge on any atom is 0.255 e. The average molecular weight is 283 g/mol. The number of unbranched alkanes of at least 4 members (excludes halogenated alkanes) is 1. The van der Waals surface area contributed by atoms with E-state index in [1.807, 2.05) is 0 Å². The predicted octanol–water partition coefficient (Wildman–Crippen LogP) is 1.21. The number of benzene rings is 1. The number of aliphatic hydroxyl groups is 1. The normalized spacial score (nSPS) is 10.0. The molecule has 6 heteroatoms. The second-order valence-corrected chi connectivity index (χ2v) is 4.09. The molecule has 0 saturated heterocycles. The summed E-state index contributed by atoms with van der Waals surface area (Å²) in [7, 11) is 4.52. The smallest absolute Gasteiger partial charge is 0.255 e. The Morgan fingerprint density at radius 3 is 2.20 bits per heavy atom. The number of amides is 1. The molecule has 0 aliphatic heterocycles. The largest absolute Gasteiger partial charge is 0.496 e. The first-order chi connectivity index (χ1) is 9.67. The van der Waals surface area contributed by atoms with Gasteiger partial charge in [-0.3, -0.25) is 4.79 Å². The van der Waals surface area contributed by atoms with Crippen LogP contribution in [0.4, 0.5) is 0 Å². The number of aliphatic hydroxyl groups excluding tert-OH is 1. The highest BCUT2D eigenvalue weighted by molar-refractivity contribution is 5.97. The van der Waals surface area contributed by atoms with Crippen LogP contribution in [-0.2, 0) is 0 Å². The fraction of sp³-hybridized carbons (Fsp3) is 0.500. The van der Waals surface area contributed by atoms with Crippen LogP contribution in [0.5, 0.6) is 17.2 Å². The molecule has 0 bridgehead atoms. The minimum Gasteiger partial charge on any atom is -0.496 e. The molecule has 0 aromatic heterocycles. The van der Waals surface area contributed by atoms with Gasteiger partial charge in [0.05, 0.1) is 26.9 Å². The molecular weight excluding hydrogens is 262 g/mol. The molecule has 1 aromatic rings. The summed E-state index contributed by atoms with van der Waals surface area (Å²) in [5.74, 6) is 1.14. The fourth-order valence-corrected chi connectivity index (χ4v) is 1.74. The van der Waals surface area contributed by atoms with Crippen molar-refractivity contribution < 1.29 is 24.1 Å². The Morgan fingerprint density at radius 1 is 1.05 bits per heavy atom. The maximum absolute atomic E-state index is 12.1. The first kappa shape index (κ1) is 16.1. The topological polar surface area (TPSA) is 77.0 Å². The molecule has 0 atom stereocenters. The van der Waals surface area contributed by atoms with E-state index in [0.29, 0.717) is 35.8 Å².